The van der Waals surface area contributed by atoms with Gasteiger partial charge in [0.05, 0.1) is 0 Å². The highest BCUT2D eigenvalue weighted by Gasteiger charge is 2.15. The lowest BCUT2D eigenvalue weighted by molar-refractivity contribution is -0.121. The summed E-state index contributed by atoms with van der Waals surface area (Å²) in [4.78, 5) is 34.7. The normalized spacial score (nSPS) is 10.8. The van der Waals surface area contributed by atoms with Crippen molar-refractivity contribution in [3.8, 4) is 0 Å². The third kappa shape index (κ3) is 9.63. The van der Waals surface area contributed by atoms with E-state index in [1.807, 2.05) is 12.1 Å². The number of hydrogen-bond acceptors (Lipinski definition) is 5. The van der Waals surface area contributed by atoms with Crippen molar-refractivity contribution in [3.63, 3.8) is 0 Å². The summed E-state index contributed by atoms with van der Waals surface area (Å²) in [6, 6.07) is 7.11. The van der Waals surface area contributed by atoms with E-state index in [4.69, 9.17) is 9.47 Å². The molecule has 1 aromatic carbocycles. The van der Waals surface area contributed by atoms with E-state index in [-0.39, 0.29) is 31.4 Å². The van der Waals surface area contributed by atoms with Crippen LogP contribution in [0.5, 0.6) is 0 Å². The van der Waals surface area contributed by atoms with Gasteiger partial charge in [-0.05, 0) is 38.5 Å². The van der Waals surface area contributed by atoms with E-state index in [9.17, 15) is 14.4 Å². The predicted octanol–water partition coefficient (Wildman–Crippen LogP) is 1.80. The molecule has 8 heteroatoms. The molecule has 0 saturated heterocycles. The van der Waals surface area contributed by atoms with Gasteiger partial charge >= 0.3 is 6.09 Å². The average Bonchev–Trinajstić information content (AvgIpc) is 2.52. The van der Waals surface area contributed by atoms with Gasteiger partial charge in [-0.15, -0.1) is 0 Å². The highest BCUT2D eigenvalue weighted by molar-refractivity contribution is 5.91. The van der Waals surface area contributed by atoms with E-state index in [1.54, 1.807) is 32.9 Å². The Labute approximate surface area is 153 Å². The van der Waals surface area contributed by atoms with Crippen LogP contribution in [-0.2, 0) is 25.6 Å². The van der Waals surface area contributed by atoms with Crippen LogP contribution in [0.15, 0.2) is 24.3 Å². The van der Waals surface area contributed by atoms with Crippen molar-refractivity contribution >= 4 is 23.6 Å². The minimum Gasteiger partial charge on any atom is -0.444 e. The Balaban J connectivity index is 2.28. The molecule has 0 aliphatic heterocycles. The number of carbonyl (C=O) groups excluding carboxylic acids is 3. The van der Waals surface area contributed by atoms with Crippen LogP contribution in [0, 0.1) is 0 Å². The second-order valence-electron chi connectivity index (χ2n) is 6.63. The lowest BCUT2D eigenvalue weighted by Crippen LogP contribution is -2.35. The van der Waals surface area contributed by atoms with Crippen LogP contribution in [0.2, 0.25) is 0 Å². The summed E-state index contributed by atoms with van der Waals surface area (Å²) in [5, 5.41) is 7.98. The largest absolute Gasteiger partial charge is 0.444 e. The van der Waals surface area contributed by atoms with Crippen molar-refractivity contribution < 1.29 is 23.9 Å². The Morgan fingerprint density at radius 2 is 1.65 bits per heavy atom. The molecule has 0 aliphatic rings. The lowest BCUT2D eigenvalue weighted by Gasteiger charge is -2.19. The van der Waals surface area contributed by atoms with Gasteiger partial charge in [0.15, 0.2) is 0 Å². The second-order valence-corrected chi connectivity index (χ2v) is 6.63. The molecule has 1 rings (SSSR count). The van der Waals surface area contributed by atoms with Gasteiger partial charge in [-0.1, -0.05) is 12.1 Å². The molecule has 0 saturated carbocycles. The summed E-state index contributed by atoms with van der Waals surface area (Å²) in [5.41, 5.74) is 0.980. The lowest BCUT2D eigenvalue weighted by atomic mass is 10.2. The number of methoxy groups -OCH3 is 1. The molecule has 0 aliphatic carbocycles. The zero-order valence-corrected chi connectivity index (χ0v) is 15.7. The van der Waals surface area contributed by atoms with Crippen molar-refractivity contribution in [3.05, 3.63) is 29.8 Å². The van der Waals surface area contributed by atoms with E-state index in [0.717, 1.165) is 5.56 Å². The molecule has 1 aromatic rings. The molecule has 0 unspecified atom stereocenters. The fraction of sp³-hybridized carbons (Fsp3) is 0.500. The molecule has 8 nitrogen and oxygen atoms in total. The van der Waals surface area contributed by atoms with Crippen LogP contribution in [0.4, 0.5) is 10.5 Å². The fourth-order valence-electron chi connectivity index (χ4n) is 1.92. The SMILES string of the molecule is COCC(=O)Nc1ccc(CNC(=O)CCNC(=O)OC(C)(C)C)cc1. The quantitative estimate of drug-likeness (QED) is 0.651. The van der Waals surface area contributed by atoms with E-state index in [0.29, 0.717) is 12.2 Å². The van der Waals surface area contributed by atoms with Gasteiger partial charge in [-0.25, -0.2) is 4.79 Å². The van der Waals surface area contributed by atoms with Crippen molar-refractivity contribution in [2.75, 3.05) is 25.6 Å². The van der Waals surface area contributed by atoms with E-state index in [2.05, 4.69) is 16.0 Å². The molecular formula is C18H27N3O5. The number of hydrogen-bond donors (Lipinski definition) is 3. The van der Waals surface area contributed by atoms with E-state index < -0.39 is 11.7 Å². The zero-order chi connectivity index (χ0) is 19.6. The Kier molecular flexibility index (Phi) is 8.57. The number of alkyl carbamates (subject to hydrolysis) is 1. The van der Waals surface area contributed by atoms with Crippen LogP contribution < -0.4 is 16.0 Å². The molecule has 0 atom stereocenters. The molecule has 144 valence electrons. The maximum absolute atomic E-state index is 11.8. The van der Waals surface area contributed by atoms with Gasteiger partial charge in [-0.3, -0.25) is 9.59 Å². The number of benzene rings is 1. The van der Waals surface area contributed by atoms with Gasteiger partial charge in [0, 0.05) is 32.3 Å². The third-order valence-corrected chi connectivity index (χ3v) is 3.02. The summed E-state index contributed by atoms with van der Waals surface area (Å²) in [5.74, 6) is -0.412. The molecule has 26 heavy (non-hydrogen) atoms. The topological polar surface area (TPSA) is 106 Å². The second kappa shape index (κ2) is 10.4. The molecule has 3 N–H and O–H groups in total. The minimum atomic E-state index is -0.568. The van der Waals surface area contributed by atoms with Gasteiger partial charge in [0.2, 0.25) is 11.8 Å². The van der Waals surface area contributed by atoms with Gasteiger partial charge in [0.25, 0.3) is 0 Å². The molecule has 0 bridgehead atoms. The molecular weight excluding hydrogens is 338 g/mol. The molecule has 0 radical (unpaired) electrons. The Hall–Kier alpha value is -2.61. The Morgan fingerprint density at radius 3 is 2.23 bits per heavy atom. The number of carbonyl (C=O) groups is 3. The van der Waals surface area contributed by atoms with Gasteiger partial charge < -0.3 is 25.4 Å². The highest BCUT2D eigenvalue weighted by atomic mass is 16.6. The standard InChI is InChI=1S/C18H27N3O5/c1-18(2,3)26-17(24)19-10-9-15(22)20-11-13-5-7-14(8-6-13)21-16(23)12-25-4/h5-8H,9-12H2,1-4H3,(H,19,24)(H,20,22)(H,21,23). The summed E-state index contributed by atoms with van der Waals surface area (Å²) >= 11 is 0. The molecule has 0 spiro atoms. The van der Waals surface area contributed by atoms with Crippen LogP contribution in [0.1, 0.15) is 32.8 Å². The summed E-state index contributed by atoms with van der Waals surface area (Å²) in [6.07, 6.45) is -0.388. The maximum Gasteiger partial charge on any atom is 0.407 e. The number of ether oxygens (including phenoxy) is 2. The van der Waals surface area contributed by atoms with Crippen LogP contribution in [0.3, 0.4) is 0 Å². The molecule has 0 fully saturated rings. The van der Waals surface area contributed by atoms with Crippen LogP contribution >= 0.6 is 0 Å². The smallest absolute Gasteiger partial charge is 0.407 e. The van der Waals surface area contributed by atoms with Crippen molar-refractivity contribution in [2.24, 2.45) is 0 Å². The molecule has 0 heterocycles. The van der Waals surface area contributed by atoms with Gasteiger partial charge in [0.1, 0.15) is 12.2 Å². The van der Waals surface area contributed by atoms with Crippen LogP contribution in [0.25, 0.3) is 0 Å². The highest BCUT2D eigenvalue weighted by Crippen LogP contribution is 2.09. The third-order valence-electron chi connectivity index (χ3n) is 3.02. The van der Waals surface area contributed by atoms with Gasteiger partial charge in [-0.2, -0.15) is 0 Å². The summed E-state index contributed by atoms with van der Waals surface area (Å²) < 4.78 is 9.82. The first kappa shape index (κ1) is 21.4. The molecule has 0 aromatic heterocycles. The summed E-state index contributed by atoms with van der Waals surface area (Å²) in [6.45, 7) is 5.87. The number of nitrogens with one attached hydrogen (secondary N) is 3. The monoisotopic (exact) mass is 365 g/mol. The van der Waals surface area contributed by atoms with E-state index in [1.165, 1.54) is 7.11 Å². The summed E-state index contributed by atoms with van der Waals surface area (Å²) in [7, 11) is 1.45. The van der Waals surface area contributed by atoms with Crippen molar-refractivity contribution in [1.29, 1.82) is 0 Å². The predicted molar refractivity (Wildman–Crippen MR) is 97.6 cm³/mol. The Bertz CT molecular complexity index is 608. The molecule has 3 amide bonds. The Morgan fingerprint density at radius 1 is 1.00 bits per heavy atom. The zero-order valence-electron chi connectivity index (χ0n) is 15.7. The number of anilines is 1. The first-order valence-corrected chi connectivity index (χ1v) is 8.31. The first-order valence-electron chi connectivity index (χ1n) is 8.31. The van der Waals surface area contributed by atoms with Crippen molar-refractivity contribution in [1.82, 2.24) is 10.6 Å². The van der Waals surface area contributed by atoms with Crippen molar-refractivity contribution in [2.45, 2.75) is 39.3 Å². The minimum absolute atomic E-state index is 0.00482. The maximum atomic E-state index is 11.8. The number of rotatable bonds is 8. The number of amides is 3. The fourth-order valence-corrected chi connectivity index (χ4v) is 1.92. The van der Waals surface area contributed by atoms with E-state index >= 15 is 0 Å². The average molecular weight is 365 g/mol. The van der Waals surface area contributed by atoms with Crippen LogP contribution in [-0.4, -0.2) is 43.8 Å². The first-order chi connectivity index (χ1) is 12.2.